The predicted octanol–water partition coefficient (Wildman–Crippen LogP) is 0.589. The number of likely N-dealkylation sites (tertiary alicyclic amines) is 1. The van der Waals surface area contributed by atoms with E-state index in [1.807, 2.05) is 0 Å². The monoisotopic (exact) mass is 174 g/mol. The largest absolute Gasteiger partial charge is 0.288 e. The van der Waals surface area contributed by atoms with Crippen LogP contribution in [0.3, 0.4) is 0 Å². The van der Waals surface area contributed by atoms with E-state index in [-0.39, 0.29) is 0 Å². The highest BCUT2D eigenvalue weighted by atomic mass is 79.9. The van der Waals surface area contributed by atoms with Gasteiger partial charge in [-0.15, -0.1) is 0 Å². The highest BCUT2D eigenvalue weighted by molar-refractivity contribution is 9.09. The summed E-state index contributed by atoms with van der Waals surface area (Å²) < 4.78 is 0. The van der Waals surface area contributed by atoms with E-state index in [0.29, 0.717) is 11.4 Å². The lowest BCUT2D eigenvalue weighted by molar-refractivity contribution is 0.219. The smallest absolute Gasteiger partial charge is 0.0866 e. The molecular formula is C5H7BrN2. The van der Waals surface area contributed by atoms with E-state index in [9.17, 15) is 0 Å². The van der Waals surface area contributed by atoms with Gasteiger partial charge in [0.15, 0.2) is 0 Å². The SMILES string of the molecule is N#CCN1CC(Br)C1. The molecule has 44 valence electrons. The molecule has 0 aliphatic carbocycles. The molecule has 0 aromatic heterocycles. The van der Waals surface area contributed by atoms with Crippen LogP contribution in [0.4, 0.5) is 0 Å². The Morgan fingerprint density at radius 1 is 1.75 bits per heavy atom. The van der Waals surface area contributed by atoms with Gasteiger partial charge >= 0.3 is 0 Å². The van der Waals surface area contributed by atoms with Gasteiger partial charge in [-0.25, -0.2) is 0 Å². The third-order valence-corrected chi connectivity index (χ3v) is 1.79. The quantitative estimate of drug-likeness (QED) is 0.430. The predicted molar refractivity (Wildman–Crippen MR) is 34.8 cm³/mol. The first-order valence-corrected chi connectivity index (χ1v) is 3.48. The fourth-order valence-electron chi connectivity index (χ4n) is 0.736. The van der Waals surface area contributed by atoms with E-state index in [1.54, 1.807) is 0 Å². The molecule has 0 aromatic carbocycles. The number of hydrogen-bond donors (Lipinski definition) is 0. The Labute approximate surface area is 57.2 Å². The van der Waals surface area contributed by atoms with Gasteiger partial charge in [-0.3, -0.25) is 4.90 Å². The summed E-state index contributed by atoms with van der Waals surface area (Å²) in [4.78, 5) is 2.73. The molecule has 0 atom stereocenters. The van der Waals surface area contributed by atoms with Crippen molar-refractivity contribution in [1.29, 1.82) is 5.26 Å². The third kappa shape index (κ3) is 1.21. The van der Waals surface area contributed by atoms with Crippen LogP contribution in [0.5, 0.6) is 0 Å². The van der Waals surface area contributed by atoms with Gasteiger partial charge in [0.1, 0.15) is 0 Å². The van der Waals surface area contributed by atoms with E-state index < -0.39 is 0 Å². The minimum absolute atomic E-state index is 0.585. The molecule has 1 rings (SSSR count). The van der Waals surface area contributed by atoms with Gasteiger partial charge in [-0.05, 0) is 0 Å². The summed E-state index contributed by atoms with van der Waals surface area (Å²) >= 11 is 3.42. The standard InChI is InChI=1S/C5H7BrN2/c6-5-3-8(4-5)2-1-7/h5H,2-4H2. The number of hydrogen-bond acceptors (Lipinski definition) is 2. The summed E-state index contributed by atoms with van der Waals surface area (Å²) in [7, 11) is 0. The number of nitrogens with zero attached hydrogens (tertiary/aromatic N) is 2. The van der Waals surface area contributed by atoms with Gasteiger partial charge in [0, 0.05) is 17.9 Å². The van der Waals surface area contributed by atoms with Crippen LogP contribution < -0.4 is 0 Å². The summed E-state index contributed by atoms with van der Waals surface area (Å²) in [6, 6.07) is 2.10. The van der Waals surface area contributed by atoms with Crippen molar-refractivity contribution in [1.82, 2.24) is 4.90 Å². The second kappa shape index (κ2) is 2.47. The lowest BCUT2D eigenvalue weighted by Crippen LogP contribution is -2.47. The van der Waals surface area contributed by atoms with Crippen LogP contribution in [0.15, 0.2) is 0 Å². The van der Waals surface area contributed by atoms with Crippen molar-refractivity contribution < 1.29 is 0 Å². The summed E-state index contributed by atoms with van der Waals surface area (Å²) in [6.07, 6.45) is 0. The Morgan fingerprint density at radius 3 is 2.75 bits per heavy atom. The molecule has 0 unspecified atom stereocenters. The summed E-state index contributed by atoms with van der Waals surface area (Å²) in [5, 5.41) is 8.18. The van der Waals surface area contributed by atoms with Crippen LogP contribution in [0, 0.1) is 11.3 Å². The Morgan fingerprint density at radius 2 is 2.38 bits per heavy atom. The van der Waals surface area contributed by atoms with Crippen LogP contribution >= 0.6 is 15.9 Å². The van der Waals surface area contributed by atoms with Crippen molar-refractivity contribution in [2.45, 2.75) is 4.83 Å². The Balaban J connectivity index is 2.09. The van der Waals surface area contributed by atoms with Crippen LogP contribution in [0.25, 0.3) is 0 Å². The van der Waals surface area contributed by atoms with Crippen molar-refractivity contribution in [2.24, 2.45) is 0 Å². The minimum atomic E-state index is 0.585. The lowest BCUT2D eigenvalue weighted by Gasteiger charge is -2.33. The Bertz CT molecular complexity index is 112. The molecule has 0 spiro atoms. The maximum absolute atomic E-state index is 8.18. The van der Waals surface area contributed by atoms with Gasteiger partial charge in [-0.2, -0.15) is 5.26 Å². The molecule has 0 N–H and O–H groups in total. The lowest BCUT2D eigenvalue weighted by atomic mass is 10.2. The zero-order chi connectivity index (χ0) is 5.98. The second-order valence-electron chi connectivity index (χ2n) is 1.95. The van der Waals surface area contributed by atoms with E-state index in [4.69, 9.17) is 5.26 Å². The number of halogens is 1. The molecule has 0 saturated carbocycles. The highest BCUT2D eigenvalue weighted by Crippen LogP contribution is 2.13. The van der Waals surface area contributed by atoms with E-state index >= 15 is 0 Å². The zero-order valence-electron chi connectivity index (χ0n) is 4.47. The fraction of sp³-hybridized carbons (Fsp3) is 0.800. The van der Waals surface area contributed by atoms with E-state index in [0.717, 1.165) is 13.1 Å². The topological polar surface area (TPSA) is 27.0 Å². The van der Waals surface area contributed by atoms with Crippen molar-refractivity contribution >= 4 is 15.9 Å². The van der Waals surface area contributed by atoms with Crippen molar-refractivity contribution in [3.8, 4) is 6.07 Å². The van der Waals surface area contributed by atoms with Gasteiger partial charge in [0.25, 0.3) is 0 Å². The molecule has 2 nitrogen and oxygen atoms in total. The first-order chi connectivity index (χ1) is 3.83. The second-order valence-corrected chi connectivity index (χ2v) is 3.24. The molecule has 1 fully saturated rings. The number of nitriles is 1. The Hall–Kier alpha value is -0.0700. The Kier molecular flexibility index (Phi) is 1.87. The first-order valence-electron chi connectivity index (χ1n) is 2.56. The van der Waals surface area contributed by atoms with Gasteiger partial charge in [0.05, 0.1) is 12.6 Å². The first kappa shape index (κ1) is 6.06. The highest BCUT2D eigenvalue weighted by Gasteiger charge is 2.22. The average molecular weight is 175 g/mol. The van der Waals surface area contributed by atoms with Crippen molar-refractivity contribution in [3.63, 3.8) is 0 Å². The zero-order valence-corrected chi connectivity index (χ0v) is 6.06. The van der Waals surface area contributed by atoms with Gasteiger partial charge < -0.3 is 0 Å². The number of rotatable bonds is 1. The maximum Gasteiger partial charge on any atom is 0.0866 e. The van der Waals surface area contributed by atoms with Crippen LogP contribution in [-0.2, 0) is 0 Å². The van der Waals surface area contributed by atoms with Crippen LogP contribution in [0.1, 0.15) is 0 Å². The molecular weight excluding hydrogens is 168 g/mol. The van der Waals surface area contributed by atoms with Crippen molar-refractivity contribution in [2.75, 3.05) is 19.6 Å². The van der Waals surface area contributed by atoms with Gasteiger partial charge in [0.2, 0.25) is 0 Å². The van der Waals surface area contributed by atoms with Crippen LogP contribution in [-0.4, -0.2) is 29.4 Å². The molecule has 1 saturated heterocycles. The molecule has 1 heterocycles. The van der Waals surface area contributed by atoms with Gasteiger partial charge in [-0.1, -0.05) is 15.9 Å². The third-order valence-electron chi connectivity index (χ3n) is 1.21. The summed E-state index contributed by atoms with van der Waals surface area (Å²) in [5.74, 6) is 0. The molecule has 0 radical (unpaired) electrons. The summed E-state index contributed by atoms with van der Waals surface area (Å²) in [6.45, 7) is 2.66. The number of alkyl halides is 1. The summed E-state index contributed by atoms with van der Waals surface area (Å²) in [5.41, 5.74) is 0. The molecule has 1 aliphatic rings. The normalized spacial score (nSPS) is 22.0. The average Bonchev–Trinajstić information content (AvgIpc) is 1.64. The van der Waals surface area contributed by atoms with E-state index in [1.165, 1.54) is 0 Å². The molecule has 0 bridgehead atoms. The molecule has 1 aliphatic heterocycles. The molecule has 3 heteroatoms. The van der Waals surface area contributed by atoms with Crippen molar-refractivity contribution in [3.05, 3.63) is 0 Å². The molecule has 8 heavy (non-hydrogen) atoms. The maximum atomic E-state index is 8.18. The minimum Gasteiger partial charge on any atom is -0.288 e. The molecule has 0 aromatic rings. The molecule has 0 amide bonds. The van der Waals surface area contributed by atoms with E-state index in [2.05, 4.69) is 26.9 Å². The van der Waals surface area contributed by atoms with Crippen LogP contribution in [0.2, 0.25) is 0 Å². The fourth-order valence-corrected chi connectivity index (χ4v) is 1.55.